The zero-order chi connectivity index (χ0) is 15.6. The third-order valence-corrected chi connectivity index (χ3v) is 4.74. The number of carbonyl (C=O) groups excluding carboxylic acids is 1. The van der Waals surface area contributed by atoms with Crippen molar-refractivity contribution >= 4 is 5.91 Å². The number of hydrogen-bond acceptors (Lipinski definition) is 3. The van der Waals surface area contributed by atoms with Crippen LogP contribution in [0.2, 0.25) is 0 Å². The largest absolute Gasteiger partial charge is 0.388 e. The minimum Gasteiger partial charge on any atom is -0.388 e. The molecule has 0 unspecified atom stereocenters. The van der Waals surface area contributed by atoms with Crippen LogP contribution >= 0.6 is 0 Å². The molecule has 5 heteroatoms. The smallest absolute Gasteiger partial charge is 0.222 e. The molecule has 1 fully saturated rings. The molecule has 0 atom stereocenters. The summed E-state index contributed by atoms with van der Waals surface area (Å²) in [5.41, 5.74) is 2.63. The maximum atomic E-state index is 12.3. The minimum absolute atomic E-state index is 0.0954. The summed E-state index contributed by atoms with van der Waals surface area (Å²) in [7, 11) is 3.72. The Morgan fingerprint density at radius 3 is 2.52 bits per heavy atom. The van der Waals surface area contributed by atoms with Crippen molar-refractivity contribution in [1.82, 2.24) is 14.7 Å². The number of aromatic nitrogens is 2. The summed E-state index contributed by atoms with van der Waals surface area (Å²) >= 11 is 0. The highest BCUT2D eigenvalue weighted by Crippen LogP contribution is 2.30. The molecule has 5 nitrogen and oxygen atoms in total. The fraction of sp³-hybridized carbons (Fsp3) is 0.750. The fourth-order valence-corrected chi connectivity index (χ4v) is 3.32. The summed E-state index contributed by atoms with van der Waals surface area (Å²) in [6, 6.07) is 0. The summed E-state index contributed by atoms with van der Waals surface area (Å²) in [5.74, 6) is 0.0954. The van der Waals surface area contributed by atoms with Gasteiger partial charge in [-0.15, -0.1) is 0 Å². The molecule has 1 saturated carbocycles. The van der Waals surface area contributed by atoms with E-state index in [-0.39, 0.29) is 5.91 Å². The van der Waals surface area contributed by atoms with Crippen LogP contribution in [-0.2, 0) is 18.3 Å². The lowest BCUT2D eigenvalue weighted by atomic mass is 10.0. The molecule has 1 aliphatic rings. The van der Waals surface area contributed by atoms with E-state index in [4.69, 9.17) is 0 Å². The van der Waals surface area contributed by atoms with Gasteiger partial charge in [0.15, 0.2) is 0 Å². The predicted octanol–water partition coefficient (Wildman–Crippen LogP) is 1.73. The summed E-state index contributed by atoms with van der Waals surface area (Å²) in [6.45, 7) is 4.47. The second-order valence-electron chi connectivity index (χ2n) is 6.45. The van der Waals surface area contributed by atoms with Crippen LogP contribution in [0, 0.1) is 13.8 Å². The van der Waals surface area contributed by atoms with Crippen molar-refractivity contribution < 1.29 is 9.90 Å². The molecule has 1 aliphatic carbocycles. The zero-order valence-electron chi connectivity index (χ0n) is 13.6. The van der Waals surface area contributed by atoms with Gasteiger partial charge in [0.25, 0.3) is 0 Å². The van der Waals surface area contributed by atoms with Crippen LogP contribution in [-0.4, -0.2) is 44.9 Å². The Kier molecular flexibility index (Phi) is 4.71. The molecule has 1 aromatic rings. The number of carbonyl (C=O) groups is 1. The highest BCUT2D eigenvalue weighted by molar-refractivity contribution is 5.76. The molecular formula is C16H27N3O2. The third kappa shape index (κ3) is 3.64. The van der Waals surface area contributed by atoms with E-state index in [1.54, 1.807) is 11.9 Å². The van der Waals surface area contributed by atoms with Gasteiger partial charge >= 0.3 is 0 Å². The van der Waals surface area contributed by atoms with Gasteiger partial charge in [-0.25, -0.2) is 0 Å². The third-order valence-electron chi connectivity index (χ3n) is 4.74. The van der Waals surface area contributed by atoms with Crippen molar-refractivity contribution in [2.75, 3.05) is 13.6 Å². The highest BCUT2D eigenvalue weighted by atomic mass is 16.3. The first-order valence-corrected chi connectivity index (χ1v) is 7.78. The van der Waals surface area contributed by atoms with Gasteiger partial charge in [0.1, 0.15) is 0 Å². The van der Waals surface area contributed by atoms with E-state index in [1.165, 1.54) is 5.56 Å². The van der Waals surface area contributed by atoms with E-state index in [1.807, 2.05) is 25.6 Å². The van der Waals surface area contributed by atoms with E-state index in [0.717, 1.165) is 37.1 Å². The van der Waals surface area contributed by atoms with Gasteiger partial charge < -0.3 is 10.0 Å². The first kappa shape index (κ1) is 16.0. The topological polar surface area (TPSA) is 58.4 Å². The first-order valence-electron chi connectivity index (χ1n) is 7.78. The summed E-state index contributed by atoms with van der Waals surface area (Å²) in [5, 5.41) is 14.8. The molecule has 0 saturated heterocycles. The fourth-order valence-electron chi connectivity index (χ4n) is 3.32. The molecule has 0 radical (unpaired) electrons. The Balaban J connectivity index is 1.89. The summed E-state index contributed by atoms with van der Waals surface area (Å²) in [6.07, 6.45) is 4.93. The molecule has 0 bridgehead atoms. The zero-order valence-corrected chi connectivity index (χ0v) is 13.6. The predicted molar refractivity (Wildman–Crippen MR) is 82.1 cm³/mol. The molecule has 1 amide bonds. The number of nitrogens with zero attached hydrogens (tertiary/aromatic N) is 3. The molecule has 21 heavy (non-hydrogen) atoms. The molecule has 0 spiro atoms. The van der Waals surface area contributed by atoms with Crippen LogP contribution in [0.1, 0.15) is 49.1 Å². The molecule has 1 aromatic heterocycles. The van der Waals surface area contributed by atoms with Crippen molar-refractivity contribution in [3.05, 3.63) is 17.0 Å². The van der Waals surface area contributed by atoms with E-state index >= 15 is 0 Å². The van der Waals surface area contributed by atoms with E-state index in [2.05, 4.69) is 5.10 Å². The minimum atomic E-state index is -0.662. The normalized spacial score (nSPS) is 17.2. The van der Waals surface area contributed by atoms with E-state index in [9.17, 15) is 9.90 Å². The Morgan fingerprint density at radius 2 is 2.00 bits per heavy atom. The van der Waals surface area contributed by atoms with Crippen molar-refractivity contribution in [1.29, 1.82) is 0 Å². The van der Waals surface area contributed by atoms with Gasteiger partial charge in [0, 0.05) is 32.8 Å². The Morgan fingerprint density at radius 1 is 1.38 bits per heavy atom. The number of aliphatic hydroxyl groups is 1. The lowest BCUT2D eigenvalue weighted by Gasteiger charge is -2.28. The SMILES string of the molecule is Cc1nn(C)c(C)c1CCC(=O)N(C)CC1(O)CCCC1. The van der Waals surface area contributed by atoms with Gasteiger partial charge in [0.05, 0.1) is 11.3 Å². The average molecular weight is 293 g/mol. The number of hydrogen-bond donors (Lipinski definition) is 1. The Labute approximate surface area is 126 Å². The van der Waals surface area contributed by atoms with Crippen LogP contribution in [0.5, 0.6) is 0 Å². The van der Waals surface area contributed by atoms with Crippen molar-refractivity contribution in [2.45, 2.75) is 58.0 Å². The van der Waals surface area contributed by atoms with Crippen LogP contribution in [0.3, 0.4) is 0 Å². The monoisotopic (exact) mass is 293 g/mol. The Hall–Kier alpha value is -1.36. The van der Waals surface area contributed by atoms with Gasteiger partial charge in [-0.1, -0.05) is 12.8 Å². The molecule has 1 heterocycles. The second-order valence-corrected chi connectivity index (χ2v) is 6.45. The lowest BCUT2D eigenvalue weighted by molar-refractivity contribution is -0.133. The highest BCUT2D eigenvalue weighted by Gasteiger charge is 2.33. The van der Waals surface area contributed by atoms with Gasteiger partial charge in [-0.05, 0) is 38.7 Å². The average Bonchev–Trinajstić information content (AvgIpc) is 2.93. The van der Waals surface area contributed by atoms with Gasteiger partial charge in [-0.3, -0.25) is 9.48 Å². The van der Waals surface area contributed by atoms with Gasteiger partial charge in [-0.2, -0.15) is 5.10 Å². The Bertz CT molecular complexity index is 516. The number of amides is 1. The molecule has 0 aliphatic heterocycles. The molecule has 1 N–H and O–H groups in total. The van der Waals surface area contributed by atoms with Gasteiger partial charge in [0.2, 0.25) is 5.91 Å². The molecule has 2 rings (SSSR count). The maximum Gasteiger partial charge on any atom is 0.222 e. The number of rotatable bonds is 5. The number of aryl methyl sites for hydroxylation is 2. The second kappa shape index (κ2) is 6.18. The lowest BCUT2D eigenvalue weighted by Crippen LogP contribution is -2.42. The van der Waals surface area contributed by atoms with E-state index < -0.39 is 5.60 Å². The van der Waals surface area contributed by atoms with Crippen molar-refractivity contribution in [3.63, 3.8) is 0 Å². The van der Waals surface area contributed by atoms with Crippen LogP contribution in [0.15, 0.2) is 0 Å². The summed E-state index contributed by atoms with van der Waals surface area (Å²) in [4.78, 5) is 14.0. The van der Waals surface area contributed by atoms with E-state index in [0.29, 0.717) is 19.4 Å². The first-order chi connectivity index (χ1) is 9.82. The molecular weight excluding hydrogens is 266 g/mol. The summed E-state index contributed by atoms with van der Waals surface area (Å²) < 4.78 is 1.86. The van der Waals surface area contributed by atoms with Crippen LogP contribution < -0.4 is 0 Å². The van der Waals surface area contributed by atoms with Crippen molar-refractivity contribution in [2.24, 2.45) is 7.05 Å². The molecule has 0 aromatic carbocycles. The quantitative estimate of drug-likeness (QED) is 0.899. The maximum absolute atomic E-state index is 12.3. The van der Waals surface area contributed by atoms with Crippen molar-refractivity contribution in [3.8, 4) is 0 Å². The standard InChI is InChI=1S/C16H27N3O2/c1-12-14(13(2)19(4)17-12)7-8-15(20)18(3)11-16(21)9-5-6-10-16/h21H,5-11H2,1-4H3. The van der Waals surface area contributed by atoms with Crippen LogP contribution in [0.4, 0.5) is 0 Å². The number of likely N-dealkylation sites (N-methyl/N-ethyl adjacent to an activating group) is 1. The van der Waals surface area contributed by atoms with Crippen LogP contribution in [0.25, 0.3) is 0 Å². The molecule has 118 valence electrons.